The van der Waals surface area contributed by atoms with E-state index in [1.807, 2.05) is 25.1 Å². The summed E-state index contributed by atoms with van der Waals surface area (Å²) in [6.07, 6.45) is 0. The molecule has 96 valence electrons. The average Bonchev–Trinajstić information content (AvgIpc) is 2.36. The predicted octanol–water partition coefficient (Wildman–Crippen LogP) is 2.23. The molecule has 0 aliphatic heterocycles. The highest BCUT2D eigenvalue weighted by molar-refractivity contribution is 5.77. The van der Waals surface area contributed by atoms with Crippen LogP contribution in [0.25, 0.3) is 10.9 Å². The summed E-state index contributed by atoms with van der Waals surface area (Å²) >= 11 is 0. The SMILES string of the molecule is CC(C)CN[C@H](C)c1nc2ccccc2c(=O)[nH]1. The number of benzene rings is 1. The number of aromatic nitrogens is 2. The van der Waals surface area contributed by atoms with Crippen LogP contribution < -0.4 is 10.9 Å². The van der Waals surface area contributed by atoms with Crippen LogP contribution in [0.3, 0.4) is 0 Å². The molecule has 4 nitrogen and oxygen atoms in total. The molecule has 0 aliphatic rings. The van der Waals surface area contributed by atoms with Gasteiger partial charge in [0.1, 0.15) is 5.82 Å². The highest BCUT2D eigenvalue weighted by Gasteiger charge is 2.10. The molecule has 0 saturated heterocycles. The third kappa shape index (κ3) is 2.76. The van der Waals surface area contributed by atoms with Gasteiger partial charge in [0.15, 0.2) is 0 Å². The molecular formula is C14H19N3O. The van der Waals surface area contributed by atoms with Gasteiger partial charge in [0, 0.05) is 0 Å². The minimum Gasteiger partial charge on any atom is -0.309 e. The first-order chi connectivity index (χ1) is 8.58. The van der Waals surface area contributed by atoms with E-state index < -0.39 is 0 Å². The van der Waals surface area contributed by atoms with Crippen molar-refractivity contribution >= 4 is 10.9 Å². The van der Waals surface area contributed by atoms with Crippen LogP contribution in [-0.4, -0.2) is 16.5 Å². The molecular weight excluding hydrogens is 226 g/mol. The van der Waals surface area contributed by atoms with Gasteiger partial charge < -0.3 is 10.3 Å². The molecule has 1 aromatic carbocycles. The summed E-state index contributed by atoms with van der Waals surface area (Å²) in [5, 5.41) is 3.99. The molecule has 0 unspecified atom stereocenters. The van der Waals surface area contributed by atoms with Crippen LogP contribution >= 0.6 is 0 Å². The maximum Gasteiger partial charge on any atom is 0.258 e. The average molecular weight is 245 g/mol. The van der Waals surface area contributed by atoms with E-state index in [1.54, 1.807) is 6.07 Å². The molecule has 0 radical (unpaired) electrons. The summed E-state index contributed by atoms with van der Waals surface area (Å²) in [7, 11) is 0. The fourth-order valence-corrected chi connectivity index (χ4v) is 1.82. The maximum atomic E-state index is 11.9. The molecule has 1 atom stereocenters. The van der Waals surface area contributed by atoms with Gasteiger partial charge in [-0.05, 0) is 31.5 Å². The van der Waals surface area contributed by atoms with E-state index in [4.69, 9.17) is 0 Å². The van der Waals surface area contributed by atoms with E-state index in [2.05, 4.69) is 29.1 Å². The molecule has 4 heteroatoms. The molecule has 2 rings (SSSR count). The van der Waals surface area contributed by atoms with Gasteiger partial charge in [-0.25, -0.2) is 4.98 Å². The fourth-order valence-electron chi connectivity index (χ4n) is 1.82. The third-order valence-corrected chi connectivity index (χ3v) is 2.87. The summed E-state index contributed by atoms with van der Waals surface area (Å²) in [5.74, 6) is 1.26. The second-order valence-electron chi connectivity index (χ2n) is 4.99. The molecule has 1 aromatic heterocycles. The molecule has 0 amide bonds. The Morgan fingerprint density at radius 3 is 2.72 bits per heavy atom. The minimum atomic E-state index is -0.0752. The Morgan fingerprint density at radius 2 is 2.00 bits per heavy atom. The van der Waals surface area contributed by atoms with E-state index >= 15 is 0 Å². The zero-order valence-electron chi connectivity index (χ0n) is 11.0. The summed E-state index contributed by atoms with van der Waals surface area (Å²) in [6.45, 7) is 7.21. The van der Waals surface area contributed by atoms with E-state index in [1.165, 1.54) is 0 Å². The summed E-state index contributed by atoms with van der Waals surface area (Å²) in [4.78, 5) is 19.3. The highest BCUT2D eigenvalue weighted by atomic mass is 16.1. The van der Waals surface area contributed by atoms with Crippen molar-refractivity contribution in [3.05, 3.63) is 40.4 Å². The van der Waals surface area contributed by atoms with E-state index in [-0.39, 0.29) is 11.6 Å². The molecule has 0 bridgehead atoms. The van der Waals surface area contributed by atoms with Crippen LogP contribution in [0.15, 0.2) is 29.1 Å². The van der Waals surface area contributed by atoms with Crippen molar-refractivity contribution in [3.63, 3.8) is 0 Å². The molecule has 2 aromatic rings. The molecule has 0 fully saturated rings. The van der Waals surface area contributed by atoms with Crippen LogP contribution in [0.4, 0.5) is 0 Å². The highest BCUT2D eigenvalue weighted by Crippen LogP contribution is 2.10. The lowest BCUT2D eigenvalue weighted by molar-refractivity contribution is 0.482. The van der Waals surface area contributed by atoms with Crippen LogP contribution in [0.2, 0.25) is 0 Å². The van der Waals surface area contributed by atoms with Crippen molar-refractivity contribution < 1.29 is 0 Å². The Morgan fingerprint density at radius 1 is 1.28 bits per heavy atom. The monoisotopic (exact) mass is 245 g/mol. The zero-order valence-corrected chi connectivity index (χ0v) is 11.0. The van der Waals surface area contributed by atoms with Crippen molar-refractivity contribution in [2.45, 2.75) is 26.8 Å². The van der Waals surface area contributed by atoms with Gasteiger partial charge in [0.25, 0.3) is 5.56 Å². The zero-order chi connectivity index (χ0) is 13.1. The number of aromatic amines is 1. The second-order valence-corrected chi connectivity index (χ2v) is 4.99. The van der Waals surface area contributed by atoms with Crippen LogP contribution in [-0.2, 0) is 0 Å². The van der Waals surface area contributed by atoms with E-state index in [0.29, 0.717) is 17.1 Å². The lowest BCUT2D eigenvalue weighted by atomic mass is 10.2. The van der Waals surface area contributed by atoms with Crippen molar-refractivity contribution in [1.82, 2.24) is 15.3 Å². The van der Waals surface area contributed by atoms with Gasteiger partial charge in [-0.1, -0.05) is 26.0 Å². The first-order valence-corrected chi connectivity index (χ1v) is 6.30. The van der Waals surface area contributed by atoms with Gasteiger partial charge in [0.05, 0.1) is 16.9 Å². The lowest BCUT2D eigenvalue weighted by Crippen LogP contribution is -2.26. The summed E-state index contributed by atoms with van der Waals surface area (Å²) < 4.78 is 0. The minimum absolute atomic E-state index is 0.0460. The molecule has 18 heavy (non-hydrogen) atoms. The number of nitrogens with zero attached hydrogens (tertiary/aromatic N) is 1. The normalized spacial score (nSPS) is 13.1. The topological polar surface area (TPSA) is 57.8 Å². The Kier molecular flexibility index (Phi) is 3.77. The first-order valence-electron chi connectivity index (χ1n) is 6.30. The van der Waals surface area contributed by atoms with Crippen LogP contribution in [0, 0.1) is 5.92 Å². The van der Waals surface area contributed by atoms with Crippen LogP contribution in [0.1, 0.15) is 32.6 Å². The number of para-hydroxylation sites is 1. The lowest BCUT2D eigenvalue weighted by Gasteiger charge is -2.15. The number of hydrogen-bond donors (Lipinski definition) is 2. The smallest absolute Gasteiger partial charge is 0.258 e. The van der Waals surface area contributed by atoms with Crippen molar-refractivity contribution in [1.29, 1.82) is 0 Å². The Balaban J connectivity index is 2.31. The first kappa shape index (κ1) is 12.8. The van der Waals surface area contributed by atoms with Gasteiger partial charge >= 0.3 is 0 Å². The molecule has 1 heterocycles. The molecule has 0 spiro atoms. The van der Waals surface area contributed by atoms with Crippen molar-refractivity contribution in [3.8, 4) is 0 Å². The predicted molar refractivity (Wildman–Crippen MR) is 73.6 cm³/mol. The van der Waals surface area contributed by atoms with Gasteiger partial charge in [0.2, 0.25) is 0 Å². The number of hydrogen-bond acceptors (Lipinski definition) is 3. The Hall–Kier alpha value is -1.68. The van der Waals surface area contributed by atoms with Gasteiger partial charge in [-0.2, -0.15) is 0 Å². The second kappa shape index (κ2) is 5.31. The fraction of sp³-hybridized carbons (Fsp3) is 0.429. The number of nitrogens with one attached hydrogen (secondary N) is 2. The number of rotatable bonds is 4. The standard InChI is InChI=1S/C14H19N3O/c1-9(2)8-15-10(3)13-16-12-7-5-4-6-11(12)14(18)17-13/h4-7,9-10,15H,8H2,1-3H3,(H,16,17,18)/t10-/m1/s1. The summed E-state index contributed by atoms with van der Waals surface area (Å²) in [6, 6.07) is 7.44. The molecule has 2 N–H and O–H groups in total. The number of H-pyrrole nitrogens is 1. The summed E-state index contributed by atoms with van der Waals surface area (Å²) in [5.41, 5.74) is 0.670. The van der Waals surface area contributed by atoms with Crippen LogP contribution in [0.5, 0.6) is 0 Å². The Labute approximate surface area is 106 Å². The van der Waals surface area contributed by atoms with Crippen molar-refractivity contribution in [2.75, 3.05) is 6.54 Å². The van der Waals surface area contributed by atoms with E-state index in [9.17, 15) is 4.79 Å². The Bertz CT molecular complexity index is 589. The quantitative estimate of drug-likeness (QED) is 0.868. The van der Waals surface area contributed by atoms with E-state index in [0.717, 1.165) is 12.1 Å². The van der Waals surface area contributed by atoms with Gasteiger partial charge in [-0.15, -0.1) is 0 Å². The van der Waals surface area contributed by atoms with Crippen molar-refractivity contribution in [2.24, 2.45) is 5.92 Å². The molecule has 0 aliphatic carbocycles. The van der Waals surface area contributed by atoms with Gasteiger partial charge in [-0.3, -0.25) is 4.79 Å². The number of fused-ring (bicyclic) bond motifs is 1. The molecule has 0 saturated carbocycles. The largest absolute Gasteiger partial charge is 0.309 e. The third-order valence-electron chi connectivity index (χ3n) is 2.87. The maximum absolute atomic E-state index is 11.9.